The molecule has 0 bridgehead atoms. The first-order valence-electron chi connectivity index (χ1n) is 16.9. The van der Waals surface area contributed by atoms with Crippen LogP contribution in [0.1, 0.15) is 143 Å². The minimum atomic E-state index is -0.0843. The smallest absolute Gasteiger partial charge is 0.306 e. The molecular formula is C34H62N2O5. The number of rotatable bonds is 28. The van der Waals surface area contributed by atoms with E-state index in [2.05, 4.69) is 30.7 Å². The molecule has 41 heavy (non-hydrogen) atoms. The van der Waals surface area contributed by atoms with Gasteiger partial charge >= 0.3 is 11.9 Å². The van der Waals surface area contributed by atoms with Gasteiger partial charge in [0.2, 0.25) is 0 Å². The molecule has 2 atom stereocenters. The van der Waals surface area contributed by atoms with E-state index in [9.17, 15) is 9.59 Å². The molecule has 0 aromatic rings. The van der Waals surface area contributed by atoms with Crippen molar-refractivity contribution < 1.29 is 23.8 Å². The summed E-state index contributed by atoms with van der Waals surface area (Å²) in [5.74, 6) is 0.268. The Kier molecular flexibility index (Phi) is 24.4. The van der Waals surface area contributed by atoms with Gasteiger partial charge in [0.05, 0.1) is 12.9 Å². The molecule has 0 saturated heterocycles. The van der Waals surface area contributed by atoms with Crippen LogP contribution in [-0.2, 0) is 23.8 Å². The fraction of sp³-hybridized carbons (Fsp3) is 0.853. The van der Waals surface area contributed by atoms with E-state index in [4.69, 9.17) is 14.2 Å². The van der Waals surface area contributed by atoms with Gasteiger partial charge in [0.25, 0.3) is 0 Å². The molecule has 7 nitrogen and oxygen atoms in total. The maximum atomic E-state index is 12.6. The van der Waals surface area contributed by atoms with E-state index < -0.39 is 0 Å². The van der Waals surface area contributed by atoms with Gasteiger partial charge in [-0.05, 0) is 63.4 Å². The molecule has 1 aliphatic rings. The largest absolute Gasteiger partial charge is 0.466 e. The molecule has 1 heterocycles. The molecule has 0 spiro atoms. The normalized spacial score (nSPS) is 14.3. The monoisotopic (exact) mass is 578 g/mol. The Balaban J connectivity index is 2.22. The first kappa shape index (κ1) is 37.1. The van der Waals surface area contributed by atoms with Crippen LogP contribution in [-0.4, -0.2) is 62.2 Å². The first-order valence-corrected chi connectivity index (χ1v) is 16.9. The number of aliphatic imine (C=N–C) groups is 1. The quantitative estimate of drug-likeness (QED) is 0.0685. The summed E-state index contributed by atoms with van der Waals surface area (Å²) in [7, 11) is 0. The highest BCUT2D eigenvalue weighted by molar-refractivity contribution is 5.70. The Morgan fingerprint density at radius 3 is 2.15 bits per heavy atom. The summed E-state index contributed by atoms with van der Waals surface area (Å²) in [4.78, 5) is 30.9. The summed E-state index contributed by atoms with van der Waals surface area (Å²) in [6, 6.07) is 0. The van der Waals surface area contributed by atoms with Crippen LogP contribution in [0.3, 0.4) is 0 Å². The fourth-order valence-electron chi connectivity index (χ4n) is 5.06. The minimum Gasteiger partial charge on any atom is -0.466 e. The molecule has 0 aromatic heterocycles. The number of esters is 2. The lowest BCUT2D eigenvalue weighted by Gasteiger charge is -2.20. The molecule has 0 amide bonds. The van der Waals surface area contributed by atoms with Crippen LogP contribution in [0.25, 0.3) is 0 Å². The van der Waals surface area contributed by atoms with Gasteiger partial charge in [-0.1, -0.05) is 78.6 Å². The lowest BCUT2D eigenvalue weighted by atomic mass is 10.00. The first-order chi connectivity index (χ1) is 20.0. The molecule has 0 radical (unpaired) electrons. The van der Waals surface area contributed by atoms with E-state index in [1.54, 1.807) is 6.20 Å². The number of carbonyl (C=O) groups excluding carboxylic acids is 2. The summed E-state index contributed by atoms with van der Waals surface area (Å²) in [6.07, 6.45) is 24.9. The second kappa shape index (κ2) is 27.0. The van der Waals surface area contributed by atoms with Crippen LogP contribution >= 0.6 is 0 Å². The summed E-state index contributed by atoms with van der Waals surface area (Å²) in [6.45, 7) is 10.4. The van der Waals surface area contributed by atoms with Crippen molar-refractivity contribution in [1.29, 1.82) is 0 Å². The highest BCUT2D eigenvalue weighted by atomic mass is 16.5. The highest BCUT2D eigenvalue weighted by Crippen LogP contribution is 2.18. The SMILES string of the molecule is CCCCCCC(C)CC(=O)OCCCCCCC(CCCCCCOCCC)OC(=O)CCCN1C=NC=CC1. The van der Waals surface area contributed by atoms with Crippen LogP contribution in [0.4, 0.5) is 0 Å². The van der Waals surface area contributed by atoms with Crippen LogP contribution < -0.4 is 0 Å². The molecule has 0 N–H and O–H groups in total. The van der Waals surface area contributed by atoms with Crippen molar-refractivity contribution in [2.24, 2.45) is 10.9 Å². The van der Waals surface area contributed by atoms with Crippen LogP contribution in [0.2, 0.25) is 0 Å². The van der Waals surface area contributed by atoms with Crippen molar-refractivity contribution in [2.75, 3.05) is 32.9 Å². The van der Waals surface area contributed by atoms with Gasteiger partial charge < -0.3 is 19.1 Å². The molecule has 7 heteroatoms. The van der Waals surface area contributed by atoms with Crippen LogP contribution in [0.5, 0.6) is 0 Å². The Morgan fingerprint density at radius 1 is 0.780 bits per heavy atom. The lowest BCUT2D eigenvalue weighted by molar-refractivity contribution is -0.150. The van der Waals surface area contributed by atoms with Crippen molar-refractivity contribution in [3.63, 3.8) is 0 Å². The second-order valence-corrected chi connectivity index (χ2v) is 11.8. The predicted octanol–water partition coefficient (Wildman–Crippen LogP) is 8.40. The third kappa shape index (κ3) is 23.4. The van der Waals surface area contributed by atoms with Crippen molar-refractivity contribution in [3.8, 4) is 0 Å². The lowest BCUT2D eigenvalue weighted by Crippen LogP contribution is -2.26. The summed E-state index contributed by atoms with van der Waals surface area (Å²) >= 11 is 0. The molecule has 1 aliphatic heterocycles. The van der Waals surface area contributed by atoms with Gasteiger partial charge in [-0.25, -0.2) is 4.99 Å². The van der Waals surface area contributed by atoms with Gasteiger partial charge in [0, 0.05) is 45.3 Å². The number of nitrogens with zero attached hydrogens (tertiary/aromatic N) is 2. The van der Waals surface area contributed by atoms with E-state index in [1.807, 2.05) is 12.4 Å². The van der Waals surface area contributed by atoms with Gasteiger partial charge in [0.1, 0.15) is 6.10 Å². The molecule has 2 unspecified atom stereocenters. The van der Waals surface area contributed by atoms with E-state index in [1.165, 1.54) is 25.7 Å². The maximum Gasteiger partial charge on any atom is 0.306 e. The van der Waals surface area contributed by atoms with Crippen LogP contribution in [0, 0.1) is 5.92 Å². The Hall–Kier alpha value is -1.89. The summed E-state index contributed by atoms with van der Waals surface area (Å²) < 4.78 is 17.0. The number of carbonyl (C=O) groups is 2. The minimum absolute atomic E-state index is 0.00466. The van der Waals surface area contributed by atoms with Crippen LogP contribution in [0.15, 0.2) is 17.3 Å². The summed E-state index contributed by atoms with van der Waals surface area (Å²) in [5.41, 5.74) is 0. The van der Waals surface area contributed by atoms with Gasteiger partial charge in [-0.3, -0.25) is 9.59 Å². The highest BCUT2D eigenvalue weighted by Gasteiger charge is 2.15. The number of hydrogen-bond acceptors (Lipinski definition) is 7. The second-order valence-electron chi connectivity index (χ2n) is 11.8. The third-order valence-electron chi connectivity index (χ3n) is 7.55. The molecular weight excluding hydrogens is 516 g/mol. The number of ether oxygens (including phenoxy) is 3. The van der Waals surface area contributed by atoms with E-state index in [-0.39, 0.29) is 18.0 Å². The third-order valence-corrected chi connectivity index (χ3v) is 7.55. The fourth-order valence-corrected chi connectivity index (χ4v) is 5.06. The molecule has 238 valence electrons. The van der Waals surface area contributed by atoms with Crippen molar-refractivity contribution in [2.45, 2.75) is 149 Å². The van der Waals surface area contributed by atoms with Gasteiger partial charge in [-0.15, -0.1) is 0 Å². The average Bonchev–Trinajstić information content (AvgIpc) is 2.96. The van der Waals surface area contributed by atoms with E-state index in [0.29, 0.717) is 25.4 Å². The molecule has 0 aliphatic carbocycles. The standard InChI is InChI=1S/C34H62N2O5/c1-4-6-7-12-19-31(3)29-34(38)40-28-16-11-9-14-21-32(20-13-8-10-15-27-39-26-5-2)41-33(37)22-17-24-36-25-18-23-35-30-36/h18,23,30-32H,4-17,19-22,24-29H2,1-3H3. The van der Waals surface area contributed by atoms with E-state index in [0.717, 1.165) is 110 Å². The Labute approximate surface area is 251 Å². The number of hydrogen-bond donors (Lipinski definition) is 0. The zero-order valence-corrected chi connectivity index (χ0v) is 26.8. The Bertz CT molecular complexity index is 697. The molecule has 1 rings (SSSR count). The average molecular weight is 579 g/mol. The molecule has 0 fully saturated rings. The van der Waals surface area contributed by atoms with E-state index >= 15 is 0 Å². The van der Waals surface area contributed by atoms with Crippen molar-refractivity contribution >= 4 is 18.3 Å². The topological polar surface area (TPSA) is 77.4 Å². The van der Waals surface area contributed by atoms with Gasteiger partial charge in [0.15, 0.2) is 0 Å². The number of unbranched alkanes of at least 4 members (excludes halogenated alkanes) is 9. The van der Waals surface area contributed by atoms with Crippen molar-refractivity contribution in [3.05, 3.63) is 12.3 Å². The zero-order chi connectivity index (χ0) is 29.8. The predicted molar refractivity (Wildman–Crippen MR) is 169 cm³/mol. The van der Waals surface area contributed by atoms with Crippen molar-refractivity contribution in [1.82, 2.24) is 4.90 Å². The molecule has 0 saturated carbocycles. The zero-order valence-electron chi connectivity index (χ0n) is 26.8. The summed E-state index contributed by atoms with van der Waals surface area (Å²) in [5, 5.41) is 0. The maximum absolute atomic E-state index is 12.6. The molecule has 0 aromatic carbocycles. The van der Waals surface area contributed by atoms with Gasteiger partial charge in [-0.2, -0.15) is 0 Å². The Morgan fingerprint density at radius 2 is 1.46 bits per heavy atom.